The lowest BCUT2D eigenvalue weighted by Gasteiger charge is -2.17. The summed E-state index contributed by atoms with van der Waals surface area (Å²) in [7, 11) is 5.86. The standard InChI is InChI=1S/C21H29BrN2O2/c1-16-6-8-17(9-7-16)15-26-21-18(14-23-12-5-13-24(2)3)19(22)10-11-20(21)25-4/h6-11,23H,5,12-15H2,1-4H3. The van der Waals surface area contributed by atoms with Gasteiger partial charge in [-0.15, -0.1) is 0 Å². The number of methoxy groups -OCH3 is 1. The van der Waals surface area contributed by atoms with Gasteiger partial charge in [0.2, 0.25) is 0 Å². The number of aryl methyl sites for hydroxylation is 1. The first kappa shape index (κ1) is 20.7. The van der Waals surface area contributed by atoms with Crippen molar-refractivity contribution in [3.63, 3.8) is 0 Å². The van der Waals surface area contributed by atoms with Crippen molar-refractivity contribution in [2.45, 2.75) is 26.5 Å². The molecule has 142 valence electrons. The molecule has 0 aromatic heterocycles. The molecule has 0 aliphatic carbocycles. The molecule has 0 bridgehead atoms. The van der Waals surface area contributed by atoms with Crippen LogP contribution in [0.2, 0.25) is 0 Å². The van der Waals surface area contributed by atoms with Gasteiger partial charge in [0.1, 0.15) is 6.61 Å². The lowest BCUT2D eigenvalue weighted by atomic mass is 10.1. The van der Waals surface area contributed by atoms with Gasteiger partial charge < -0.3 is 19.7 Å². The fraction of sp³-hybridized carbons (Fsp3) is 0.429. The molecule has 0 fully saturated rings. The fourth-order valence-electron chi connectivity index (χ4n) is 2.64. The predicted molar refractivity (Wildman–Crippen MR) is 111 cm³/mol. The Morgan fingerprint density at radius 3 is 2.46 bits per heavy atom. The highest BCUT2D eigenvalue weighted by Crippen LogP contribution is 2.36. The molecule has 1 N–H and O–H groups in total. The van der Waals surface area contributed by atoms with Gasteiger partial charge in [-0.25, -0.2) is 0 Å². The van der Waals surface area contributed by atoms with Crippen LogP contribution in [0.5, 0.6) is 11.5 Å². The fourth-order valence-corrected chi connectivity index (χ4v) is 3.09. The van der Waals surface area contributed by atoms with E-state index in [-0.39, 0.29) is 0 Å². The number of nitrogens with one attached hydrogen (secondary N) is 1. The van der Waals surface area contributed by atoms with Gasteiger partial charge in [-0.2, -0.15) is 0 Å². The molecule has 0 aliphatic heterocycles. The molecule has 2 rings (SSSR count). The van der Waals surface area contributed by atoms with Crippen molar-refractivity contribution < 1.29 is 9.47 Å². The summed E-state index contributed by atoms with van der Waals surface area (Å²) in [6.07, 6.45) is 1.11. The van der Waals surface area contributed by atoms with E-state index in [0.717, 1.165) is 53.2 Å². The summed E-state index contributed by atoms with van der Waals surface area (Å²) in [5.74, 6) is 1.55. The second kappa shape index (κ2) is 10.6. The van der Waals surface area contributed by atoms with Crippen molar-refractivity contribution in [1.82, 2.24) is 10.2 Å². The molecule has 0 amide bonds. The topological polar surface area (TPSA) is 33.7 Å². The maximum atomic E-state index is 6.16. The van der Waals surface area contributed by atoms with Crippen LogP contribution >= 0.6 is 15.9 Å². The van der Waals surface area contributed by atoms with Crippen molar-refractivity contribution in [1.29, 1.82) is 0 Å². The number of nitrogens with zero attached hydrogens (tertiary/aromatic N) is 1. The van der Waals surface area contributed by atoms with E-state index in [9.17, 15) is 0 Å². The lowest BCUT2D eigenvalue weighted by Crippen LogP contribution is -2.21. The summed E-state index contributed by atoms with van der Waals surface area (Å²) in [5, 5.41) is 3.50. The van der Waals surface area contributed by atoms with Crippen LogP contribution in [-0.4, -0.2) is 39.2 Å². The van der Waals surface area contributed by atoms with Crippen molar-refractivity contribution in [2.75, 3.05) is 34.3 Å². The Morgan fingerprint density at radius 1 is 1.08 bits per heavy atom. The summed E-state index contributed by atoms with van der Waals surface area (Å²) in [5.41, 5.74) is 3.47. The first-order valence-corrected chi connectivity index (χ1v) is 9.69. The number of hydrogen-bond acceptors (Lipinski definition) is 4. The summed E-state index contributed by atoms with van der Waals surface area (Å²) >= 11 is 3.65. The third-order valence-electron chi connectivity index (χ3n) is 4.15. The SMILES string of the molecule is COc1ccc(Br)c(CNCCCN(C)C)c1OCc1ccc(C)cc1. The van der Waals surface area contributed by atoms with E-state index in [2.05, 4.69) is 71.4 Å². The highest BCUT2D eigenvalue weighted by molar-refractivity contribution is 9.10. The van der Waals surface area contributed by atoms with Crippen LogP contribution < -0.4 is 14.8 Å². The van der Waals surface area contributed by atoms with E-state index in [1.807, 2.05) is 12.1 Å². The van der Waals surface area contributed by atoms with Crippen molar-refractivity contribution in [3.05, 3.63) is 57.6 Å². The Kier molecular flexibility index (Phi) is 8.42. The number of benzene rings is 2. The van der Waals surface area contributed by atoms with E-state index >= 15 is 0 Å². The molecule has 0 spiro atoms. The number of rotatable bonds is 10. The first-order chi connectivity index (χ1) is 12.5. The van der Waals surface area contributed by atoms with Gasteiger partial charge in [0.05, 0.1) is 7.11 Å². The van der Waals surface area contributed by atoms with Gasteiger partial charge >= 0.3 is 0 Å². The van der Waals surface area contributed by atoms with Crippen LogP contribution in [0, 0.1) is 6.92 Å². The van der Waals surface area contributed by atoms with Crippen LogP contribution in [0.4, 0.5) is 0 Å². The molecule has 0 unspecified atom stereocenters. The lowest BCUT2D eigenvalue weighted by molar-refractivity contribution is 0.280. The highest BCUT2D eigenvalue weighted by Gasteiger charge is 2.14. The molecule has 0 heterocycles. The van der Waals surface area contributed by atoms with Crippen LogP contribution in [0.25, 0.3) is 0 Å². The molecule has 2 aromatic rings. The zero-order valence-corrected chi connectivity index (χ0v) is 17.7. The molecule has 0 saturated heterocycles. The van der Waals surface area contributed by atoms with E-state index in [0.29, 0.717) is 6.61 Å². The second-order valence-corrected chi connectivity index (χ2v) is 7.52. The smallest absolute Gasteiger partial charge is 0.167 e. The van der Waals surface area contributed by atoms with Gasteiger partial charge in [0.25, 0.3) is 0 Å². The first-order valence-electron chi connectivity index (χ1n) is 8.90. The molecule has 5 heteroatoms. The molecule has 26 heavy (non-hydrogen) atoms. The van der Waals surface area contributed by atoms with Crippen molar-refractivity contribution in [2.24, 2.45) is 0 Å². The molecule has 0 aliphatic rings. The molecule has 2 aromatic carbocycles. The third kappa shape index (κ3) is 6.31. The molecular weight excluding hydrogens is 392 g/mol. The molecular formula is C21H29BrN2O2. The molecule has 0 atom stereocenters. The number of halogens is 1. The molecule has 4 nitrogen and oxygen atoms in total. The van der Waals surface area contributed by atoms with Gasteiger partial charge in [-0.3, -0.25) is 0 Å². The minimum Gasteiger partial charge on any atom is -0.493 e. The van der Waals surface area contributed by atoms with Crippen LogP contribution in [0.3, 0.4) is 0 Å². The zero-order chi connectivity index (χ0) is 18.9. The summed E-state index contributed by atoms with van der Waals surface area (Å²) < 4.78 is 12.7. The molecule has 0 saturated carbocycles. The zero-order valence-electron chi connectivity index (χ0n) is 16.1. The summed E-state index contributed by atoms with van der Waals surface area (Å²) in [4.78, 5) is 2.19. The van der Waals surface area contributed by atoms with E-state index in [1.165, 1.54) is 5.56 Å². The Bertz CT molecular complexity index is 687. The average molecular weight is 421 g/mol. The van der Waals surface area contributed by atoms with Crippen LogP contribution in [-0.2, 0) is 13.2 Å². The van der Waals surface area contributed by atoms with Gasteiger partial charge in [-0.05, 0) is 58.2 Å². The van der Waals surface area contributed by atoms with E-state index in [1.54, 1.807) is 7.11 Å². The van der Waals surface area contributed by atoms with Crippen LogP contribution in [0.1, 0.15) is 23.1 Å². The Balaban J connectivity index is 2.06. The summed E-state index contributed by atoms with van der Waals surface area (Å²) in [6, 6.07) is 12.3. The number of hydrogen-bond donors (Lipinski definition) is 1. The van der Waals surface area contributed by atoms with E-state index in [4.69, 9.17) is 9.47 Å². The predicted octanol–water partition coefficient (Wildman–Crippen LogP) is 4.39. The average Bonchev–Trinajstić information content (AvgIpc) is 2.62. The van der Waals surface area contributed by atoms with Crippen molar-refractivity contribution >= 4 is 15.9 Å². The quantitative estimate of drug-likeness (QED) is 0.577. The summed E-state index contributed by atoms with van der Waals surface area (Å²) in [6.45, 7) is 5.36. The van der Waals surface area contributed by atoms with Crippen LogP contribution in [0.15, 0.2) is 40.9 Å². The van der Waals surface area contributed by atoms with E-state index < -0.39 is 0 Å². The maximum Gasteiger partial charge on any atom is 0.167 e. The Labute approximate surface area is 165 Å². The second-order valence-electron chi connectivity index (χ2n) is 6.67. The Morgan fingerprint density at radius 2 is 1.81 bits per heavy atom. The third-order valence-corrected chi connectivity index (χ3v) is 4.89. The highest BCUT2D eigenvalue weighted by atomic mass is 79.9. The van der Waals surface area contributed by atoms with Gasteiger partial charge in [0.15, 0.2) is 11.5 Å². The maximum absolute atomic E-state index is 6.16. The monoisotopic (exact) mass is 420 g/mol. The minimum atomic E-state index is 0.515. The largest absolute Gasteiger partial charge is 0.493 e. The molecule has 0 radical (unpaired) electrons. The van der Waals surface area contributed by atoms with Gasteiger partial charge in [0, 0.05) is 16.6 Å². The van der Waals surface area contributed by atoms with Gasteiger partial charge in [-0.1, -0.05) is 45.8 Å². The number of ether oxygens (including phenoxy) is 2. The Hall–Kier alpha value is -1.56. The normalized spacial score (nSPS) is 11.0. The minimum absolute atomic E-state index is 0.515. The van der Waals surface area contributed by atoms with Crippen molar-refractivity contribution in [3.8, 4) is 11.5 Å².